The molecule has 0 N–H and O–H groups in total. The molecule has 0 saturated carbocycles. The number of fused-ring (bicyclic) bond motifs is 1. The molecule has 102 valence electrons. The summed E-state index contributed by atoms with van der Waals surface area (Å²) in [7, 11) is 1.96. The van der Waals surface area contributed by atoms with E-state index in [1.54, 1.807) is 12.5 Å². The Labute approximate surface area is 118 Å². The van der Waals surface area contributed by atoms with Gasteiger partial charge in [0.1, 0.15) is 11.9 Å². The van der Waals surface area contributed by atoms with Crippen LogP contribution < -0.4 is 4.90 Å². The molecule has 0 aromatic carbocycles. The molecule has 20 heavy (non-hydrogen) atoms. The number of nitriles is 1. The van der Waals surface area contributed by atoms with E-state index in [1.807, 2.05) is 24.1 Å². The van der Waals surface area contributed by atoms with Crippen LogP contribution in [0.4, 0.5) is 5.82 Å². The second-order valence-electron chi connectivity index (χ2n) is 5.27. The van der Waals surface area contributed by atoms with Crippen molar-refractivity contribution >= 4 is 5.82 Å². The first kappa shape index (κ1) is 12.7. The topological polar surface area (TPSA) is 53.1 Å². The first-order valence-corrected chi connectivity index (χ1v) is 6.93. The Balaban J connectivity index is 1.93. The summed E-state index contributed by atoms with van der Waals surface area (Å²) in [6.45, 7) is 0.691. The van der Waals surface area contributed by atoms with Crippen LogP contribution in [0.5, 0.6) is 0 Å². The molecule has 0 fully saturated rings. The van der Waals surface area contributed by atoms with Crippen LogP contribution in [0.25, 0.3) is 0 Å². The molecule has 4 nitrogen and oxygen atoms in total. The Kier molecular flexibility index (Phi) is 3.42. The minimum absolute atomic E-state index is 0.664. The first-order valence-electron chi connectivity index (χ1n) is 6.93. The molecule has 0 aliphatic heterocycles. The monoisotopic (exact) mass is 267 g/mol. The summed E-state index contributed by atoms with van der Waals surface area (Å²) in [5, 5.41) is 9.36. The molecule has 0 unspecified atom stereocenters. The van der Waals surface area contributed by atoms with Crippen LogP contribution in [0.1, 0.15) is 35.2 Å². The average molecular weight is 267 g/mol. The summed E-state index contributed by atoms with van der Waals surface area (Å²) in [6, 6.07) is 6.23. The smallest absolute Gasteiger partial charge is 0.146 e. The van der Waals surface area contributed by atoms with Gasteiger partial charge < -0.3 is 9.32 Å². The van der Waals surface area contributed by atoms with Crippen molar-refractivity contribution in [2.75, 3.05) is 11.9 Å². The van der Waals surface area contributed by atoms with Crippen molar-refractivity contribution in [1.29, 1.82) is 5.26 Å². The van der Waals surface area contributed by atoms with Gasteiger partial charge in [0, 0.05) is 24.8 Å². The van der Waals surface area contributed by atoms with E-state index in [4.69, 9.17) is 9.40 Å². The second-order valence-corrected chi connectivity index (χ2v) is 5.27. The Morgan fingerprint density at radius 3 is 3.00 bits per heavy atom. The fraction of sp³-hybridized carbons (Fsp3) is 0.375. The lowest BCUT2D eigenvalue weighted by molar-refractivity contribution is 0.563. The highest BCUT2D eigenvalue weighted by molar-refractivity contribution is 5.56. The molecule has 0 bridgehead atoms. The number of furan rings is 1. The summed E-state index contributed by atoms with van der Waals surface area (Å²) < 4.78 is 5.09. The van der Waals surface area contributed by atoms with Crippen LogP contribution >= 0.6 is 0 Å². The zero-order valence-electron chi connectivity index (χ0n) is 11.6. The molecule has 0 spiro atoms. The van der Waals surface area contributed by atoms with Gasteiger partial charge in [0.25, 0.3) is 0 Å². The van der Waals surface area contributed by atoms with E-state index >= 15 is 0 Å². The molecule has 2 heterocycles. The van der Waals surface area contributed by atoms with Crippen molar-refractivity contribution in [1.82, 2.24) is 4.98 Å². The summed E-state index contributed by atoms with van der Waals surface area (Å²) >= 11 is 0. The van der Waals surface area contributed by atoms with Gasteiger partial charge in [-0.15, -0.1) is 0 Å². The largest absolute Gasteiger partial charge is 0.472 e. The molecular weight excluding hydrogens is 250 g/mol. The van der Waals surface area contributed by atoms with Crippen LogP contribution in [0, 0.1) is 11.3 Å². The maximum Gasteiger partial charge on any atom is 0.146 e. The molecule has 3 rings (SSSR count). The summed E-state index contributed by atoms with van der Waals surface area (Å²) in [6.07, 6.45) is 7.84. The van der Waals surface area contributed by atoms with Crippen LogP contribution in [0.15, 0.2) is 29.1 Å². The number of anilines is 1. The van der Waals surface area contributed by atoms with Crippen molar-refractivity contribution < 1.29 is 4.42 Å². The maximum atomic E-state index is 9.36. The highest BCUT2D eigenvalue weighted by Gasteiger charge is 2.17. The number of rotatable bonds is 3. The molecule has 2 aromatic heterocycles. The maximum absolute atomic E-state index is 9.36. The average Bonchev–Trinajstić information content (AvgIpc) is 2.98. The second kappa shape index (κ2) is 5.38. The number of pyridine rings is 1. The minimum Gasteiger partial charge on any atom is -0.472 e. The normalized spacial score (nSPS) is 13.6. The molecule has 1 aliphatic carbocycles. The zero-order valence-corrected chi connectivity index (χ0v) is 11.6. The molecular formula is C16H17N3O. The van der Waals surface area contributed by atoms with Crippen molar-refractivity contribution in [2.45, 2.75) is 32.2 Å². The molecule has 2 aromatic rings. The molecule has 1 aliphatic rings. The minimum atomic E-state index is 0.664. The van der Waals surface area contributed by atoms with E-state index in [2.05, 4.69) is 6.07 Å². The van der Waals surface area contributed by atoms with Gasteiger partial charge in [-0.25, -0.2) is 4.98 Å². The van der Waals surface area contributed by atoms with Crippen LogP contribution in [0.2, 0.25) is 0 Å². The van der Waals surface area contributed by atoms with Crippen molar-refractivity contribution in [3.63, 3.8) is 0 Å². The van der Waals surface area contributed by atoms with Gasteiger partial charge in [-0.05, 0) is 43.4 Å². The highest BCUT2D eigenvalue weighted by Crippen LogP contribution is 2.26. The molecule has 0 saturated heterocycles. The van der Waals surface area contributed by atoms with Crippen LogP contribution in [-0.2, 0) is 19.4 Å². The molecule has 0 radical (unpaired) electrons. The van der Waals surface area contributed by atoms with Gasteiger partial charge in [-0.3, -0.25) is 0 Å². The SMILES string of the molecule is CN(Cc1ccoc1)c1nc2c(cc1C#N)CCCC2. The number of aryl methyl sites for hydroxylation is 2. The summed E-state index contributed by atoms with van der Waals surface area (Å²) in [4.78, 5) is 6.75. The summed E-state index contributed by atoms with van der Waals surface area (Å²) in [5.74, 6) is 0.773. The van der Waals surface area contributed by atoms with Crippen molar-refractivity contribution in [3.05, 3.63) is 47.0 Å². The van der Waals surface area contributed by atoms with E-state index in [0.29, 0.717) is 12.1 Å². The Morgan fingerprint density at radius 1 is 1.40 bits per heavy atom. The Hall–Kier alpha value is -2.28. The Bertz CT molecular complexity index is 640. The van der Waals surface area contributed by atoms with Crippen molar-refractivity contribution in [3.8, 4) is 6.07 Å². The van der Waals surface area contributed by atoms with E-state index in [0.717, 1.165) is 29.9 Å². The number of nitrogens with zero attached hydrogens (tertiary/aromatic N) is 3. The fourth-order valence-corrected chi connectivity index (χ4v) is 2.73. The predicted octanol–water partition coefficient (Wildman–Crippen LogP) is 3.06. The lowest BCUT2D eigenvalue weighted by atomic mass is 9.95. The molecule has 0 atom stereocenters. The number of hydrogen-bond donors (Lipinski definition) is 0. The fourth-order valence-electron chi connectivity index (χ4n) is 2.73. The third-order valence-electron chi connectivity index (χ3n) is 3.76. The van der Waals surface area contributed by atoms with Gasteiger partial charge >= 0.3 is 0 Å². The lowest BCUT2D eigenvalue weighted by Gasteiger charge is -2.22. The van der Waals surface area contributed by atoms with Gasteiger partial charge in [0.05, 0.1) is 18.1 Å². The van der Waals surface area contributed by atoms with E-state index in [9.17, 15) is 5.26 Å². The third-order valence-corrected chi connectivity index (χ3v) is 3.76. The Morgan fingerprint density at radius 2 is 2.25 bits per heavy atom. The quantitative estimate of drug-likeness (QED) is 0.857. The van der Waals surface area contributed by atoms with Gasteiger partial charge in [0.15, 0.2) is 0 Å². The molecule has 4 heteroatoms. The first-order chi connectivity index (χ1) is 9.78. The zero-order chi connectivity index (χ0) is 13.9. The van der Waals surface area contributed by atoms with E-state index in [-0.39, 0.29) is 0 Å². The van der Waals surface area contributed by atoms with Gasteiger partial charge in [-0.1, -0.05) is 0 Å². The van der Waals surface area contributed by atoms with E-state index < -0.39 is 0 Å². The van der Waals surface area contributed by atoms with Crippen LogP contribution in [-0.4, -0.2) is 12.0 Å². The summed E-state index contributed by atoms with van der Waals surface area (Å²) in [5.41, 5.74) is 4.14. The number of hydrogen-bond acceptors (Lipinski definition) is 4. The third kappa shape index (κ3) is 2.39. The highest BCUT2D eigenvalue weighted by atomic mass is 16.3. The standard InChI is InChI=1S/C16H17N3O/c1-19(10-12-6-7-20-11-12)16-14(9-17)8-13-4-2-3-5-15(13)18-16/h6-8,11H,2-5,10H2,1H3. The number of aromatic nitrogens is 1. The van der Waals surface area contributed by atoms with Crippen LogP contribution in [0.3, 0.4) is 0 Å². The lowest BCUT2D eigenvalue weighted by Crippen LogP contribution is -2.20. The van der Waals surface area contributed by atoms with Gasteiger partial charge in [0.2, 0.25) is 0 Å². The van der Waals surface area contributed by atoms with Crippen molar-refractivity contribution in [2.24, 2.45) is 0 Å². The molecule has 0 amide bonds. The van der Waals surface area contributed by atoms with E-state index in [1.165, 1.54) is 18.4 Å². The predicted molar refractivity (Wildman–Crippen MR) is 76.4 cm³/mol. The van der Waals surface area contributed by atoms with Gasteiger partial charge in [-0.2, -0.15) is 5.26 Å².